The molecule has 0 spiro atoms. The van der Waals surface area contributed by atoms with Gasteiger partial charge < -0.3 is 10.1 Å². The Labute approximate surface area is 92.6 Å². The second-order valence-corrected chi connectivity index (χ2v) is 3.76. The number of rotatable bonds is 5. The topological polar surface area (TPSA) is 64.1 Å². The third kappa shape index (κ3) is 4.16. The Bertz CT molecular complexity index is 333. The number of hydrogen-bond donors (Lipinski definition) is 1. The Morgan fingerprint density at radius 2 is 2.47 bits per heavy atom. The van der Waals surface area contributed by atoms with Crippen LogP contribution in [0, 0.1) is 0 Å². The fourth-order valence-corrected chi connectivity index (χ4v) is 1.67. The third-order valence-electron chi connectivity index (χ3n) is 1.64. The van der Waals surface area contributed by atoms with Crippen LogP contribution in [0.25, 0.3) is 0 Å². The normalized spacial score (nSPS) is 9.73. The molecule has 6 heteroatoms. The molecule has 5 nitrogen and oxygen atoms in total. The van der Waals surface area contributed by atoms with Gasteiger partial charge >= 0.3 is 5.97 Å². The van der Waals surface area contributed by atoms with E-state index in [-0.39, 0.29) is 5.97 Å². The first-order valence-corrected chi connectivity index (χ1v) is 5.45. The monoisotopic (exact) mass is 227 g/mol. The first kappa shape index (κ1) is 11.8. The standard InChI is InChI=1S/C9H13N3O2S/c1-10-9-11-5-3-7(12-9)15-6-4-8(13)14-2/h3,5H,4,6H2,1-2H3,(H,10,11,12). The van der Waals surface area contributed by atoms with E-state index < -0.39 is 0 Å². The van der Waals surface area contributed by atoms with Crippen molar-refractivity contribution in [1.82, 2.24) is 9.97 Å². The van der Waals surface area contributed by atoms with Gasteiger partial charge in [-0.05, 0) is 6.07 Å². The molecule has 15 heavy (non-hydrogen) atoms. The summed E-state index contributed by atoms with van der Waals surface area (Å²) in [5.41, 5.74) is 0. The molecular formula is C9H13N3O2S. The molecule has 0 radical (unpaired) electrons. The molecule has 1 aromatic rings. The maximum Gasteiger partial charge on any atom is 0.306 e. The molecule has 1 heterocycles. The highest BCUT2D eigenvalue weighted by Gasteiger charge is 2.02. The summed E-state index contributed by atoms with van der Waals surface area (Å²) in [6.45, 7) is 0. The van der Waals surface area contributed by atoms with Crippen LogP contribution in [0.1, 0.15) is 6.42 Å². The number of ether oxygens (including phenoxy) is 1. The molecule has 0 atom stereocenters. The van der Waals surface area contributed by atoms with E-state index in [9.17, 15) is 4.79 Å². The highest BCUT2D eigenvalue weighted by Crippen LogP contribution is 2.16. The lowest BCUT2D eigenvalue weighted by Gasteiger charge is -2.02. The summed E-state index contributed by atoms with van der Waals surface area (Å²) in [6.07, 6.45) is 2.07. The molecular weight excluding hydrogens is 214 g/mol. The zero-order valence-electron chi connectivity index (χ0n) is 8.69. The van der Waals surface area contributed by atoms with Crippen molar-refractivity contribution in [1.29, 1.82) is 0 Å². The van der Waals surface area contributed by atoms with Crippen LogP contribution in [-0.2, 0) is 9.53 Å². The van der Waals surface area contributed by atoms with E-state index in [2.05, 4.69) is 20.0 Å². The Morgan fingerprint density at radius 3 is 3.13 bits per heavy atom. The molecule has 0 amide bonds. The second kappa shape index (κ2) is 6.23. The van der Waals surface area contributed by atoms with Gasteiger partial charge in [-0.2, -0.15) is 0 Å². The number of hydrogen-bond acceptors (Lipinski definition) is 6. The Kier molecular flexibility index (Phi) is 4.89. The van der Waals surface area contributed by atoms with Gasteiger partial charge in [-0.15, -0.1) is 11.8 Å². The summed E-state index contributed by atoms with van der Waals surface area (Å²) >= 11 is 1.50. The quantitative estimate of drug-likeness (QED) is 0.463. The number of aromatic nitrogens is 2. The van der Waals surface area contributed by atoms with Gasteiger partial charge in [0.1, 0.15) is 5.03 Å². The van der Waals surface area contributed by atoms with E-state index >= 15 is 0 Å². The first-order chi connectivity index (χ1) is 7.26. The summed E-state index contributed by atoms with van der Waals surface area (Å²) < 4.78 is 4.54. The maximum absolute atomic E-state index is 10.8. The van der Waals surface area contributed by atoms with Crippen LogP contribution in [0.5, 0.6) is 0 Å². The summed E-state index contributed by atoms with van der Waals surface area (Å²) in [6, 6.07) is 1.81. The van der Waals surface area contributed by atoms with Gasteiger partial charge in [-0.25, -0.2) is 9.97 Å². The average molecular weight is 227 g/mol. The highest BCUT2D eigenvalue weighted by molar-refractivity contribution is 7.99. The lowest BCUT2D eigenvalue weighted by atomic mass is 10.5. The summed E-state index contributed by atoms with van der Waals surface area (Å²) in [5.74, 6) is 1.04. The number of thioether (sulfide) groups is 1. The predicted molar refractivity (Wildman–Crippen MR) is 58.9 cm³/mol. The van der Waals surface area contributed by atoms with Crippen LogP contribution >= 0.6 is 11.8 Å². The number of nitrogens with zero attached hydrogens (tertiary/aromatic N) is 2. The largest absolute Gasteiger partial charge is 0.469 e. The number of anilines is 1. The minimum absolute atomic E-state index is 0.203. The van der Waals surface area contributed by atoms with Gasteiger partial charge in [0.25, 0.3) is 0 Å². The van der Waals surface area contributed by atoms with E-state index in [4.69, 9.17) is 0 Å². The lowest BCUT2D eigenvalue weighted by Crippen LogP contribution is -2.01. The molecule has 0 aliphatic carbocycles. The van der Waals surface area contributed by atoms with Crippen molar-refractivity contribution in [2.75, 3.05) is 25.2 Å². The Balaban J connectivity index is 2.40. The maximum atomic E-state index is 10.8. The molecule has 1 rings (SSSR count). The second-order valence-electron chi connectivity index (χ2n) is 2.64. The molecule has 1 aromatic heterocycles. The number of carbonyl (C=O) groups excluding carboxylic acids is 1. The van der Waals surface area contributed by atoms with Gasteiger partial charge in [0, 0.05) is 19.0 Å². The average Bonchev–Trinajstić information content (AvgIpc) is 2.29. The molecule has 0 saturated heterocycles. The van der Waals surface area contributed by atoms with E-state index in [0.717, 1.165) is 5.03 Å². The van der Waals surface area contributed by atoms with Crippen molar-refractivity contribution in [2.45, 2.75) is 11.4 Å². The molecule has 1 N–H and O–H groups in total. The van der Waals surface area contributed by atoms with Crippen LogP contribution in [0.3, 0.4) is 0 Å². The summed E-state index contributed by atoms with van der Waals surface area (Å²) in [4.78, 5) is 19.0. The van der Waals surface area contributed by atoms with Crippen LogP contribution in [0.15, 0.2) is 17.3 Å². The molecule has 82 valence electrons. The van der Waals surface area contributed by atoms with Gasteiger partial charge in [0.05, 0.1) is 13.5 Å². The smallest absolute Gasteiger partial charge is 0.306 e. The summed E-state index contributed by atoms with van der Waals surface area (Å²) in [5, 5.41) is 3.70. The van der Waals surface area contributed by atoms with Crippen molar-refractivity contribution >= 4 is 23.7 Å². The van der Waals surface area contributed by atoms with Crippen LogP contribution in [-0.4, -0.2) is 35.8 Å². The first-order valence-electron chi connectivity index (χ1n) is 4.46. The fourth-order valence-electron chi connectivity index (χ4n) is 0.884. The molecule has 0 aliphatic heterocycles. The van der Waals surface area contributed by atoms with E-state index in [1.165, 1.54) is 18.9 Å². The molecule has 0 aliphatic rings. The number of nitrogens with one attached hydrogen (secondary N) is 1. The minimum atomic E-state index is -0.203. The molecule has 0 fully saturated rings. The van der Waals surface area contributed by atoms with Crippen molar-refractivity contribution in [3.05, 3.63) is 12.3 Å². The number of esters is 1. The predicted octanol–water partition coefficient (Wildman–Crippen LogP) is 1.17. The fraction of sp³-hybridized carbons (Fsp3) is 0.444. The Hall–Kier alpha value is -1.30. The van der Waals surface area contributed by atoms with E-state index in [0.29, 0.717) is 18.1 Å². The van der Waals surface area contributed by atoms with Crippen molar-refractivity contribution in [3.63, 3.8) is 0 Å². The van der Waals surface area contributed by atoms with E-state index in [1.54, 1.807) is 13.2 Å². The number of methoxy groups -OCH3 is 1. The zero-order valence-corrected chi connectivity index (χ0v) is 9.50. The highest BCUT2D eigenvalue weighted by atomic mass is 32.2. The molecule has 0 bridgehead atoms. The van der Waals surface area contributed by atoms with Crippen molar-refractivity contribution in [3.8, 4) is 0 Å². The van der Waals surface area contributed by atoms with Crippen LogP contribution in [0.4, 0.5) is 5.95 Å². The van der Waals surface area contributed by atoms with Gasteiger partial charge in [-0.3, -0.25) is 4.79 Å². The molecule has 0 saturated carbocycles. The Morgan fingerprint density at radius 1 is 1.67 bits per heavy atom. The van der Waals surface area contributed by atoms with Crippen molar-refractivity contribution in [2.24, 2.45) is 0 Å². The number of carbonyl (C=O) groups is 1. The van der Waals surface area contributed by atoms with Crippen LogP contribution in [0.2, 0.25) is 0 Å². The SMILES string of the molecule is CNc1nccc(SCCC(=O)OC)n1. The van der Waals surface area contributed by atoms with Crippen molar-refractivity contribution < 1.29 is 9.53 Å². The molecule has 0 aromatic carbocycles. The minimum Gasteiger partial charge on any atom is -0.469 e. The van der Waals surface area contributed by atoms with Gasteiger partial charge in [0.2, 0.25) is 5.95 Å². The van der Waals surface area contributed by atoms with Gasteiger partial charge in [-0.1, -0.05) is 0 Å². The lowest BCUT2D eigenvalue weighted by molar-refractivity contribution is -0.140. The summed E-state index contributed by atoms with van der Waals surface area (Å²) in [7, 11) is 3.15. The molecule has 0 unspecified atom stereocenters. The van der Waals surface area contributed by atoms with E-state index in [1.807, 2.05) is 6.07 Å². The van der Waals surface area contributed by atoms with Gasteiger partial charge in [0.15, 0.2) is 0 Å². The third-order valence-corrected chi connectivity index (χ3v) is 2.57. The zero-order chi connectivity index (χ0) is 11.1. The van der Waals surface area contributed by atoms with Crippen LogP contribution < -0.4 is 5.32 Å².